The van der Waals surface area contributed by atoms with Gasteiger partial charge in [-0.15, -0.1) is 0 Å². The van der Waals surface area contributed by atoms with Crippen molar-refractivity contribution in [1.29, 1.82) is 0 Å². The highest BCUT2D eigenvalue weighted by atomic mass is 32.1. The first-order chi connectivity index (χ1) is 8.95. The third-order valence-corrected chi connectivity index (χ3v) is 3.63. The van der Waals surface area contributed by atoms with Crippen molar-refractivity contribution in [3.8, 4) is 0 Å². The van der Waals surface area contributed by atoms with Gasteiger partial charge in [-0.25, -0.2) is 23.5 Å². The van der Waals surface area contributed by atoms with Crippen LogP contribution in [0.3, 0.4) is 0 Å². The van der Waals surface area contributed by atoms with Gasteiger partial charge in [-0.2, -0.15) is 0 Å². The average molecular weight is 288 g/mol. The minimum absolute atomic E-state index is 0.0898. The van der Waals surface area contributed by atoms with E-state index in [9.17, 15) is 13.6 Å². The summed E-state index contributed by atoms with van der Waals surface area (Å²) >= 11 is 0.747. The molecule has 2 rings (SSSR count). The zero-order valence-corrected chi connectivity index (χ0v) is 10.9. The van der Waals surface area contributed by atoms with Crippen LogP contribution in [0.25, 0.3) is 10.3 Å². The predicted molar refractivity (Wildman–Crippen MR) is 64.8 cm³/mol. The summed E-state index contributed by atoms with van der Waals surface area (Å²) in [7, 11) is 1.41. The van der Waals surface area contributed by atoms with Crippen LogP contribution < -0.4 is 0 Å². The summed E-state index contributed by atoms with van der Waals surface area (Å²) in [5, 5.41) is 8.74. The topological polar surface area (TPSA) is 72.3 Å². The Balaban J connectivity index is 2.75. The molecule has 0 radical (unpaired) electrons. The molecule has 2 aromatic heterocycles. The molecule has 1 N–H and O–H groups in total. The molecule has 1 atom stereocenters. The summed E-state index contributed by atoms with van der Waals surface area (Å²) in [6.45, 7) is 1.63. The molecule has 0 bridgehead atoms. The molecule has 0 aromatic carbocycles. The maximum Gasteiger partial charge on any atom is 0.337 e. The third kappa shape index (κ3) is 2.41. The van der Waals surface area contributed by atoms with Gasteiger partial charge in [0.25, 0.3) is 6.43 Å². The van der Waals surface area contributed by atoms with Gasteiger partial charge in [0, 0.05) is 18.9 Å². The lowest BCUT2D eigenvalue weighted by Gasteiger charge is -2.12. The first-order valence-electron chi connectivity index (χ1n) is 5.29. The number of ether oxygens (including phenoxy) is 1. The van der Waals surface area contributed by atoms with Crippen molar-refractivity contribution in [3.63, 3.8) is 0 Å². The van der Waals surface area contributed by atoms with Crippen LogP contribution in [-0.4, -0.2) is 28.2 Å². The summed E-state index contributed by atoms with van der Waals surface area (Å²) in [6, 6.07) is 0. The zero-order chi connectivity index (χ0) is 14.2. The highest BCUT2D eigenvalue weighted by Crippen LogP contribution is 2.34. The predicted octanol–water partition coefficient (Wildman–Crippen LogP) is 3.03. The molecule has 102 valence electrons. The van der Waals surface area contributed by atoms with Crippen LogP contribution >= 0.6 is 11.3 Å². The van der Waals surface area contributed by atoms with Gasteiger partial charge in [-0.1, -0.05) is 11.3 Å². The maximum absolute atomic E-state index is 12.7. The molecular weight excluding hydrogens is 278 g/mol. The van der Waals surface area contributed by atoms with E-state index in [2.05, 4.69) is 9.97 Å². The minimum Gasteiger partial charge on any atom is -0.478 e. The van der Waals surface area contributed by atoms with Gasteiger partial charge in [0.1, 0.15) is 10.3 Å². The number of rotatable bonds is 4. The van der Waals surface area contributed by atoms with E-state index >= 15 is 0 Å². The zero-order valence-electron chi connectivity index (χ0n) is 10.1. The van der Waals surface area contributed by atoms with Crippen molar-refractivity contribution < 1.29 is 23.4 Å². The summed E-state index contributed by atoms with van der Waals surface area (Å²) in [5.74, 6) is -1.19. The van der Waals surface area contributed by atoms with Crippen LogP contribution in [-0.2, 0) is 4.74 Å². The Morgan fingerprint density at radius 3 is 2.74 bits per heavy atom. The van der Waals surface area contributed by atoms with Crippen molar-refractivity contribution in [1.82, 2.24) is 9.97 Å². The number of hydrogen-bond acceptors (Lipinski definition) is 5. The van der Waals surface area contributed by atoms with Crippen LogP contribution in [0.4, 0.5) is 8.78 Å². The fourth-order valence-electron chi connectivity index (χ4n) is 1.70. The number of carboxylic acids is 1. The Kier molecular flexibility index (Phi) is 3.72. The van der Waals surface area contributed by atoms with Gasteiger partial charge in [0.15, 0.2) is 5.01 Å². The Bertz CT molecular complexity index is 630. The lowest BCUT2D eigenvalue weighted by molar-refractivity contribution is 0.0683. The molecule has 8 heteroatoms. The number of aromatic nitrogens is 2. The molecule has 0 saturated carbocycles. The van der Waals surface area contributed by atoms with Gasteiger partial charge in [0.2, 0.25) is 0 Å². The molecule has 0 saturated heterocycles. The second kappa shape index (κ2) is 5.14. The SMILES string of the molecule is CO[C@@H](C)c1c(C(=O)O)cnc2sc(C(F)F)nc12. The van der Waals surface area contributed by atoms with E-state index in [0.717, 1.165) is 17.5 Å². The Labute approximate surface area is 110 Å². The molecule has 0 aliphatic carbocycles. The molecule has 0 amide bonds. The van der Waals surface area contributed by atoms with E-state index in [1.54, 1.807) is 6.92 Å². The van der Waals surface area contributed by atoms with E-state index in [-0.39, 0.29) is 26.5 Å². The number of alkyl halides is 2. The fraction of sp³-hybridized carbons (Fsp3) is 0.364. The number of methoxy groups -OCH3 is 1. The van der Waals surface area contributed by atoms with E-state index in [4.69, 9.17) is 9.84 Å². The number of pyridine rings is 1. The molecular formula is C11H10F2N2O3S. The standard InChI is InChI=1S/C11H10F2N2O3S/c1-4(18-2)6-5(11(16)17)3-14-9-7(6)15-10(19-9)8(12)13/h3-4,8H,1-2H3,(H,16,17)/t4-/m0/s1. The second-order valence-electron chi connectivity index (χ2n) is 3.78. The van der Waals surface area contributed by atoms with Gasteiger partial charge in [-0.05, 0) is 6.92 Å². The highest BCUT2D eigenvalue weighted by molar-refractivity contribution is 7.18. The molecule has 0 aliphatic rings. The van der Waals surface area contributed by atoms with Crippen LogP contribution in [0.1, 0.15) is 40.4 Å². The van der Waals surface area contributed by atoms with Gasteiger partial charge in [-0.3, -0.25) is 0 Å². The summed E-state index contributed by atoms with van der Waals surface area (Å²) in [5.41, 5.74) is 0.339. The van der Waals surface area contributed by atoms with Crippen LogP contribution in [0.15, 0.2) is 6.20 Å². The van der Waals surface area contributed by atoms with E-state index in [0.29, 0.717) is 0 Å². The molecule has 2 heterocycles. The smallest absolute Gasteiger partial charge is 0.337 e. The fourth-order valence-corrected chi connectivity index (χ4v) is 2.49. The Morgan fingerprint density at radius 2 is 2.21 bits per heavy atom. The van der Waals surface area contributed by atoms with E-state index < -0.39 is 18.5 Å². The lowest BCUT2D eigenvalue weighted by Crippen LogP contribution is -2.08. The van der Waals surface area contributed by atoms with Crippen molar-refractivity contribution in [2.45, 2.75) is 19.5 Å². The second-order valence-corrected chi connectivity index (χ2v) is 4.78. The number of aromatic carboxylic acids is 1. The molecule has 0 fully saturated rings. The van der Waals surface area contributed by atoms with Gasteiger partial charge in [0.05, 0.1) is 11.7 Å². The lowest BCUT2D eigenvalue weighted by atomic mass is 10.0. The molecule has 19 heavy (non-hydrogen) atoms. The molecule has 0 aliphatic heterocycles. The van der Waals surface area contributed by atoms with Crippen LogP contribution in [0, 0.1) is 0 Å². The quantitative estimate of drug-likeness (QED) is 0.936. The molecule has 5 nitrogen and oxygen atoms in total. The summed E-state index contributed by atoms with van der Waals surface area (Å²) < 4.78 is 30.4. The van der Waals surface area contributed by atoms with Crippen LogP contribution in [0.2, 0.25) is 0 Å². The normalized spacial score (nSPS) is 13.1. The van der Waals surface area contributed by atoms with E-state index in [1.807, 2.05) is 0 Å². The van der Waals surface area contributed by atoms with Crippen molar-refractivity contribution in [3.05, 3.63) is 22.3 Å². The number of nitrogens with zero attached hydrogens (tertiary/aromatic N) is 2. The first kappa shape index (κ1) is 13.8. The first-order valence-corrected chi connectivity index (χ1v) is 6.11. The molecule has 0 spiro atoms. The Hall–Kier alpha value is -1.67. The molecule has 0 unspecified atom stereocenters. The summed E-state index contributed by atoms with van der Waals surface area (Å²) in [4.78, 5) is 19.1. The number of fused-ring (bicyclic) bond motifs is 1. The number of thiazole rings is 1. The summed E-state index contributed by atoms with van der Waals surface area (Å²) in [6.07, 6.45) is -2.15. The van der Waals surface area contributed by atoms with E-state index in [1.165, 1.54) is 7.11 Å². The third-order valence-electron chi connectivity index (χ3n) is 2.66. The molecule has 2 aromatic rings. The van der Waals surface area contributed by atoms with Crippen LogP contribution in [0.5, 0.6) is 0 Å². The van der Waals surface area contributed by atoms with Crippen molar-refractivity contribution >= 4 is 27.7 Å². The van der Waals surface area contributed by atoms with Gasteiger partial charge < -0.3 is 9.84 Å². The monoisotopic (exact) mass is 288 g/mol. The highest BCUT2D eigenvalue weighted by Gasteiger charge is 2.24. The van der Waals surface area contributed by atoms with Gasteiger partial charge >= 0.3 is 5.97 Å². The number of halogens is 2. The number of carbonyl (C=O) groups is 1. The largest absolute Gasteiger partial charge is 0.478 e. The number of carboxylic acid groups (broad SMARTS) is 1. The van der Waals surface area contributed by atoms with Crippen molar-refractivity contribution in [2.75, 3.05) is 7.11 Å². The minimum atomic E-state index is -2.71. The number of hydrogen-bond donors (Lipinski definition) is 1. The Morgan fingerprint density at radius 1 is 1.53 bits per heavy atom. The average Bonchev–Trinajstić information content (AvgIpc) is 2.80. The maximum atomic E-state index is 12.7. The van der Waals surface area contributed by atoms with Crippen molar-refractivity contribution in [2.24, 2.45) is 0 Å².